The normalized spacial score (nSPS) is 21.0. The Labute approximate surface area is 135 Å². The third kappa shape index (κ3) is 2.34. The Morgan fingerprint density at radius 3 is 2.68 bits per heavy atom. The van der Waals surface area contributed by atoms with Gasteiger partial charge in [0.2, 0.25) is 0 Å². The fourth-order valence-corrected chi connectivity index (χ4v) is 4.40. The summed E-state index contributed by atoms with van der Waals surface area (Å²) in [6, 6.07) is 19.3. The van der Waals surface area contributed by atoms with Gasteiger partial charge in [0.1, 0.15) is 0 Å². The topological polar surface area (TPSA) is 27.8 Å². The maximum Gasteiger partial charge on any atom is 0.0656 e. The first kappa shape index (κ1) is 13.9. The average Bonchev–Trinajstić information content (AvgIpc) is 2.95. The third-order valence-electron chi connectivity index (χ3n) is 4.53. The first-order chi connectivity index (χ1) is 10.8. The molecular formula is C19H20N2S. The molecule has 2 aromatic carbocycles. The highest BCUT2D eigenvalue weighted by Crippen LogP contribution is 2.36. The molecule has 3 aromatic rings. The van der Waals surface area contributed by atoms with Crippen LogP contribution in [0.4, 0.5) is 0 Å². The Kier molecular flexibility index (Phi) is 3.47. The number of H-pyrrole nitrogens is 1. The van der Waals surface area contributed by atoms with Crippen molar-refractivity contribution < 1.29 is 0 Å². The molecular weight excluding hydrogens is 288 g/mol. The number of rotatable bonds is 3. The quantitative estimate of drug-likeness (QED) is 0.705. The summed E-state index contributed by atoms with van der Waals surface area (Å²) in [6.45, 7) is 3.36. The molecule has 2 N–H and O–H groups in total. The Morgan fingerprint density at radius 1 is 1.05 bits per heavy atom. The highest BCUT2D eigenvalue weighted by molar-refractivity contribution is 7.99. The molecule has 2 heterocycles. The maximum atomic E-state index is 3.73. The zero-order chi connectivity index (χ0) is 15.0. The van der Waals surface area contributed by atoms with Gasteiger partial charge in [0.15, 0.2) is 0 Å². The van der Waals surface area contributed by atoms with E-state index in [2.05, 4.69) is 71.8 Å². The summed E-state index contributed by atoms with van der Waals surface area (Å²) in [5, 5.41) is 5.12. The van der Waals surface area contributed by atoms with Crippen LogP contribution in [0.15, 0.2) is 59.5 Å². The van der Waals surface area contributed by atoms with Crippen molar-refractivity contribution in [3.63, 3.8) is 0 Å². The van der Waals surface area contributed by atoms with Gasteiger partial charge in [0.25, 0.3) is 0 Å². The second-order valence-electron chi connectivity index (χ2n) is 6.13. The monoisotopic (exact) mass is 308 g/mol. The van der Waals surface area contributed by atoms with Crippen LogP contribution in [-0.4, -0.2) is 17.3 Å². The van der Waals surface area contributed by atoms with Gasteiger partial charge in [-0.3, -0.25) is 0 Å². The summed E-state index contributed by atoms with van der Waals surface area (Å²) >= 11 is 1.92. The summed E-state index contributed by atoms with van der Waals surface area (Å²) in [6.07, 6.45) is 1.10. The highest BCUT2D eigenvalue weighted by Gasteiger charge is 2.34. The van der Waals surface area contributed by atoms with Crippen LogP contribution in [0.3, 0.4) is 0 Å². The van der Waals surface area contributed by atoms with Crippen LogP contribution >= 0.6 is 11.8 Å². The van der Waals surface area contributed by atoms with E-state index in [0.29, 0.717) is 0 Å². The zero-order valence-electron chi connectivity index (χ0n) is 12.7. The Morgan fingerprint density at radius 2 is 1.82 bits per heavy atom. The minimum atomic E-state index is -0.00683. The first-order valence-electron chi connectivity index (χ1n) is 7.79. The number of thioether (sulfide) groups is 1. The lowest BCUT2D eigenvalue weighted by atomic mass is 9.90. The molecule has 0 radical (unpaired) electrons. The standard InChI is InChI=1S/C19H20N2S/c1-19(13-22-14-7-3-2-4-8-14)18-16(11-12-20-19)15-9-5-6-10-17(15)21-18/h2-10,20-21H,11-13H2,1H3. The fourth-order valence-electron chi connectivity index (χ4n) is 3.35. The second-order valence-corrected chi connectivity index (χ2v) is 7.18. The molecule has 22 heavy (non-hydrogen) atoms. The van der Waals surface area contributed by atoms with Crippen molar-refractivity contribution >= 4 is 22.7 Å². The number of aromatic nitrogens is 1. The van der Waals surface area contributed by atoms with Gasteiger partial charge in [-0.05, 0) is 37.1 Å². The van der Waals surface area contributed by atoms with E-state index in [1.807, 2.05) is 11.8 Å². The molecule has 1 atom stereocenters. The minimum absolute atomic E-state index is 0.00683. The number of nitrogens with one attached hydrogen (secondary N) is 2. The average molecular weight is 308 g/mol. The minimum Gasteiger partial charge on any atom is -0.357 e. The smallest absolute Gasteiger partial charge is 0.0656 e. The molecule has 4 rings (SSSR count). The van der Waals surface area contributed by atoms with Gasteiger partial charge in [0.05, 0.1) is 5.54 Å². The maximum absolute atomic E-state index is 3.73. The molecule has 2 nitrogen and oxygen atoms in total. The van der Waals surface area contributed by atoms with Crippen LogP contribution < -0.4 is 5.32 Å². The SMILES string of the molecule is CC1(CSc2ccccc2)NCCc2c1[nH]c1ccccc21. The molecule has 1 aliphatic heterocycles. The van der Waals surface area contributed by atoms with Crippen LogP contribution in [0, 0.1) is 0 Å². The highest BCUT2D eigenvalue weighted by atomic mass is 32.2. The van der Waals surface area contributed by atoms with E-state index in [9.17, 15) is 0 Å². The molecule has 0 amide bonds. The van der Waals surface area contributed by atoms with E-state index >= 15 is 0 Å². The Hall–Kier alpha value is -1.71. The van der Waals surface area contributed by atoms with E-state index in [4.69, 9.17) is 0 Å². The molecule has 0 bridgehead atoms. The van der Waals surface area contributed by atoms with Gasteiger partial charge in [-0.2, -0.15) is 0 Å². The zero-order valence-corrected chi connectivity index (χ0v) is 13.5. The lowest BCUT2D eigenvalue weighted by Gasteiger charge is -2.35. The predicted octanol–water partition coefficient (Wildman–Crippen LogP) is 4.32. The van der Waals surface area contributed by atoms with Crippen LogP contribution in [0.1, 0.15) is 18.2 Å². The number of para-hydroxylation sites is 1. The van der Waals surface area contributed by atoms with Gasteiger partial charge in [-0.25, -0.2) is 0 Å². The van der Waals surface area contributed by atoms with Gasteiger partial charge in [-0.1, -0.05) is 36.4 Å². The van der Waals surface area contributed by atoms with Crippen molar-refractivity contribution in [2.45, 2.75) is 23.8 Å². The van der Waals surface area contributed by atoms with Gasteiger partial charge >= 0.3 is 0 Å². The number of aromatic amines is 1. The van der Waals surface area contributed by atoms with Gasteiger partial charge in [-0.15, -0.1) is 11.8 Å². The molecule has 1 aromatic heterocycles. The third-order valence-corrected chi connectivity index (χ3v) is 5.85. The molecule has 1 aliphatic rings. The molecule has 0 saturated carbocycles. The molecule has 0 fully saturated rings. The van der Waals surface area contributed by atoms with Crippen LogP contribution in [-0.2, 0) is 12.0 Å². The summed E-state index contributed by atoms with van der Waals surface area (Å²) in [5.74, 6) is 1.02. The molecule has 0 spiro atoms. The van der Waals surface area contributed by atoms with Gasteiger partial charge < -0.3 is 10.3 Å². The lowest BCUT2D eigenvalue weighted by Crippen LogP contribution is -2.47. The second kappa shape index (κ2) is 5.49. The van der Waals surface area contributed by atoms with E-state index in [-0.39, 0.29) is 5.54 Å². The first-order valence-corrected chi connectivity index (χ1v) is 8.78. The summed E-state index contributed by atoms with van der Waals surface area (Å²) < 4.78 is 0. The molecule has 0 aliphatic carbocycles. The van der Waals surface area contributed by atoms with Crippen molar-refractivity contribution in [1.82, 2.24) is 10.3 Å². The Balaban J connectivity index is 1.68. The van der Waals surface area contributed by atoms with Crippen LogP contribution in [0.5, 0.6) is 0 Å². The number of benzene rings is 2. The predicted molar refractivity (Wildman–Crippen MR) is 94.5 cm³/mol. The van der Waals surface area contributed by atoms with Crippen molar-refractivity contribution in [2.75, 3.05) is 12.3 Å². The van der Waals surface area contributed by atoms with Crippen molar-refractivity contribution in [1.29, 1.82) is 0 Å². The van der Waals surface area contributed by atoms with E-state index in [0.717, 1.165) is 18.7 Å². The summed E-state index contributed by atoms with van der Waals surface area (Å²) in [4.78, 5) is 4.99. The van der Waals surface area contributed by atoms with E-state index < -0.39 is 0 Å². The largest absolute Gasteiger partial charge is 0.357 e. The number of fused-ring (bicyclic) bond motifs is 3. The summed E-state index contributed by atoms with van der Waals surface area (Å²) in [7, 11) is 0. The molecule has 1 unspecified atom stereocenters. The lowest BCUT2D eigenvalue weighted by molar-refractivity contribution is 0.382. The molecule has 0 saturated heterocycles. The van der Waals surface area contributed by atoms with Crippen molar-refractivity contribution in [3.05, 3.63) is 65.9 Å². The Bertz CT molecular complexity index is 794. The van der Waals surface area contributed by atoms with Crippen molar-refractivity contribution in [3.8, 4) is 0 Å². The van der Waals surface area contributed by atoms with E-state index in [1.54, 1.807) is 0 Å². The summed E-state index contributed by atoms with van der Waals surface area (Å²) in [5.41, 5.74) is 4.11. The van der Waals surface area contributed by atoms with Crippen molar-refractivity contribution in [2.24, 2.45) is 0 Å². The molecule has 3 heteroatoms. The fraction of sp³-hybridized carbons (Fsp3) is 0.263. The van der Waals surface area contributed by atoms with Crippen LogP contribution in [0.2, 0.25) is 0 Å². The van der Waals surface area contributed by atoms with E-state index in [1.165, 1.54) is 27.1 Å². The number of hydrogen-bond acceptors (Lipinski definition) is 2. The van der Waals surface area contributed by atoms with Crippen LogP contribution in [0.25, 0.3) is 10.9 Å². The number of hydrogen-bond donors (Lipinski definition) is 2. The molecule has 112 valence electrons. The van der Waals surface area contributed by atoms with Gasteiger partial charge in [0, 0.05) is 33.8 Å².